The first-order chi connectivity index (χ1) is 9.24. The van der Waals surface area contributed by atoms with E-state index in [1.807, 2.05) is 38.1 Å². The van der Waals surface area contributed by atoms with Crippen molar-refractivity contribution in [1.82, 2.24) is 9.97 Å². The first-order valence-corrected chi connectivity index (χ1v) is 6.24. The Morgan fingerprint density at radius 1 is 1.11 bits per heavy atom. The molecule has 3 rings (SSSR count). The standard InChI is InChI=1S/C13H10FN3.C2H6/c14-8-5-6-9(10(15)7-8)13-16-11-3-1-2-4-12(11)17-13;1-2/h1-7H,15H2,(H,16,17);1-2H3. The van der Waals surface area contributed by atoms with Gasteiger partial charge >= 0.3 is 0 Å². The van der Waals surface area contributed by atoms with Crippen LogP contribution >= 0.6 is 0 Å². The molecule has 2 aromatic carbocycles. The van der Waals surface area contributed by atoms with Crippen LogP contribution in [0.1, 0.15) is 13.8 Å². The molecule has 0 spiro atoms. The molecule has 0 radical (unpaired) electrons. The number of nitrogens with two attached hydrogens (primary N) is 1. The van der Waals surface area contributed by atoms with E-state index < -0.39 is 0 Å². The zero-order valence-electron chi connectivity index (χ0n) is 10.9. The van der Waals surface area contributed by atoms with Gasteiger partial charge in [-0.3, -0.25) is 0 Å². The number of aromatic nitrogens is 2. The van der Waals surface area contributed by atoms with Crippen molar-refractivity contribution < 1.29 is 4.39 Å². The molecular weight excluding hydrogens is 241 g/mol. The average molecular weight is 257 g/mol. The molecule has 4 heteroatoms. The predicted molar refractivity (Wildman–Crippen MR) is 77.2 cm³/mol. The monoisotopic (exact) mass is 257 g/mol. The fourth-order valence-corrected chi connectivity index (χ4v) is 1.83. The van der Waals surface area contributed by atoms with Crippen molar-refractivity contribution >= 4 is 16.7 Å². The van der Waals surface area contributed by atoms with Crippen LogP contribution in [-0.2, 0) is 0 Å². The van der Waals surface area contributed by atoms with Gasteiger partial charge in [0.05, 0.1) is 11.0 Å². The van der Waals surface area contributed by atoms with Crippen molar-refractivity contribution in [1.29, 1.82) is 0 Å². The molecule has 3 N–H and O–H groups in total. The summed E-state index contributed by atoms with van der Waals surface area (Å²) in [6.07, 6.45) is 0. The van der Waals surface area contributed by atoms with Gasteiger partial charge in [-0.2, -0.15) is 0 Å². The number of H-pyrrole nitrogens is 1. The minimum atomic E-state index is -0.345. The Morgan fingerprint density at radius 3 is 2.53 bits per heavy atom. The highest BCUT2D eigenvalue weighted by molar-refractivity contribution is 5.82. The minimum absolute atomic E-state index is 0.345. The lowest BCUT2D eigenvalue weighted by molar-refractivity contribution is 0.628. The van der Waals surface area contributed by atoms with E-state index in [-0.39, 0.29) is 5.82 Å². The molecular formula is C15H16FN3. The van der Waals surface area contributed by atoms with E-state index in [9.17, 15) is 4.39 Å². The molecule has 1 heterocycles. The summed E-state index contributed by atoms with van der Waals surface area (Å²) in [5, 5.41) is 0. The Bertz CT molecular complexity index is 656. The van der Waals surface area contributed by atoms with Crippen LogP contribution in [-0.4, -0.2) is 9.97 Å². The first kappa shape index (κ1) is 13.1. The molecule has 3 nitrogen and oxygen atoms in total. The highest BCUT2D eigenvalue weighted by Crippen LogP contribution is 2.25. The van der Waals surface area contributed by atoms with Crippen LogP contribution in [0.15, 0.2) is 42.5 Å². The molecule has 0 amide bonds. The molecule has 0 aliphatic carbocycles. The first-order valence-electron chi connectivity index (χ1n) is 6.24. The average Bonchev–Trinajstić information content (AvgIpc) is 2.84. The number of hydrogen-bond donors (Lipinski definition) is 2. The molecule has 0 fully saturated rings. The number of imidazole rings is 1. The third kappa shape index (κ3) is 2.57. The maximum absolute atomic E-state index is 13.0. The largest absolute Gasteiger partial charge is 0.398 e. The summed E-state index contributed by atoms with van der Waals surface area (Å²) in [6.45, 7) is 4.00. The lowest BCUT2D eigenvalue weighted by Gasteiger charge is -2.01. The lowest BCUT2D eigenvalue weighted by atomic mass is 10.1. The molecule has 0 aliphatic heterocycles. The second kappa shape index (κ2) is 5.52. The van der Waals surface area contributed by atoms with Gasteiger partial charge in [0.1, 0.15) is 11.6 Å². The maximum atomic E-state index is 13.0. The summed E-state index contributed by atoms with van der Waals surface area (Å²) in [5.74, 6) is 0.311. The van der Waals surface area contributed by atoms with E-state index in [0.29, 0.717) is 17.1 Å². The smallest absolute Gasteiger partial charge is 0.140 e. The Balaban J connectivity index is 0.000000637. The van der Waals surface area contributed by atoms with Crippen LogP contribution < -0.4 is 5.73 Å². The number of nitrogens with zero attached hydrogens (tertiary/aromatic N) is 1. The van der Waals surface area contributed by atoms with E-state index in [4.69, 9.17) is 5.73 Å². The number of para-hydroxylation sites is 2. The summed E-state index contributed by atoms with van der Waals surface area (Å²) >= 11 is 0. The summed E-state index contributed by atoms with van der Waals surface area (Å²) in [5.41, 5.74) is 8.67. The van der Waals surface area contributed by atoms with E-state index in [0.717, 1.165) is 11.0 Å². The van der Waals surface area contributed by atoms with Crippen LogP contribution in [0.4, 0.5) is 10.1 Å². The van der Waals surface area contributed by atoms with Crippen LogP contribution in [0.25, 0.3) is 22.4 Å². The fraction of sp³-hybridized carbons (Fsp3) is 0.133. The quantitative estimate of drug-likeness (QED) is 0.648. The molecule has 98 valence electrons. The van der Waals surface area contributed by atoms with Gasteiger partial charge in [0, 0.05) is 11.3 Å². The van der Waals surface area contributed by atoms with Crippen molar-refractivity contribution in [2.75, 3.05) is 5.73 Å². The highest BCUT2D eigenvalue weighted by Gasteiger charge is 2.08. The SMILES string of the molecule is CC.Nc1cc(F)ccc1-c1nc2ccccc2[nH]1. The Kier molecular flexibility index (Phi) is 3.80. The summed E-state index contributed by atoms with van der Waals surface area (Å²) in [7, 11) is 0. The number of nitrogens with one attached hydrogen (secondary N) is 1. The molecule has 0 unspecified atom stereocenters. The number of nitrogen functional groups attached to an aromatic ring is 1. The molecule has 19 heavy (non-hydrogen) atoms. The van der Waals surface area contributed by atoms with Gasteiger partial charge in [-0.1, -0.05) is 26.0 Å². The minimum Gasteiger partial charge on any atom is -0.398 e. The Hall–Kier alpha value is -2.36. The number of benzene rings is 2. The fourth-order valence-electron chi connectivity index (χ4n) is 1.83. The van der Waals surface area contributed by atoms with E-state index in [1.54, 1.807) is 6.07 Å². The second-order valence-electron chi connectivity index (χ2n) is 3.83. The molecule has 0 bridgehead atoms. The number of anilines is 1. The van der Waals surface area contributed by atoms with Gasteiger partial charge in [-0.15, -0.1) is 0 Å². The highest BCUT2D eigenvalue weighted by atomic mass is 19.1. The third-order valence-electron chi connectivity index (χ3n) is 2.66. The van der Waals surface area contributed by atoms with Gasteiger partial charge in [0.2, 0.25) is 0 Å². The maximum Gasteiger partial charge on any atom is 0.140 e. The molecule has 0 saturated carbocycles. The molecule has 3 aromatic rings. The normalized spacial score (nSPS) is 10.1. The predicted octanol–water partition coefficient (Wildman–Crippen LogP) is 3.98. The van der Waals surface area contributed by atoms with Crippen LogP contribution in [0, 0.1) is 5.82 Å². The topological polar surface area (TPSA) is 54.7 Å². The van der Waals surface area contributed by atoms with Gasteiger partial charge in [-0.05, 0) is 30.3 Å². The third-order valence-corrected chi connectivity index (χ3v) is 2.66. The van der Waals surface area contributed by atoms with Crippen LogP contribution in [0.3, 0.4) is 0 Å². The van der Waals surface area contributed by atoms with Crippen LogP contribution in [0.2, 0.25) is 0 Å². The molecule has 0 saturated heterocycles. The van der Waals surface area contributed by atoms with Crippen molar-refractivity contribution in [2.24, 2.45) is 0 Å². The van der Waals surface area contributed by atoms with Crippen LogP contribution in [0.5, 0.6) is 0 Å². The zero-order valence-corrected chi connectivity index (χ0v) is 10.9. The van der Waals surface area contributed by atoms with Gasteiger partial charge in [-0.25, -0.2) is 9.37 Å². The summed E-state index contributed by atoms with van der Waals surface area (Å²) < 4.78 is 13.0. The van der Waals surface area contributed by atoms with Crippen molar-refractivity contribution in [3.8, 4) is 11.4 Å². The molecule has 1 aromatic heterocycles. The molecule has 0 aliphatic rings. The number of aromatic amines is 1. The van der Waals surface area contributed by atoms with Crippen molar-refractivity contribution in [3.05, 3.63) is 48.3 Å². The number of fused-ring (bicyclic) bond motifs is 1. The molecule has 0 atom stereocenters. The van der Waals surface area contributed by atoms with Crippen molar-refractivity contribution in [3.63, 3.8) is 0 Å². The lowest BCUT2D eigenvalue weighted by Crippen LogP contribution is -1.92. The number of rotatable bonds is 1. The number of halogens is 1. The summed E-state index contributed by atoms with van der Waals surface area (Å²) in [4.78, 5) is 7.57. The van der Waals surface area contributed by atoms with Gasteiger partial charge in [0.25, 0.3) is 0 Å². The summed E-state index contributed by atoms with van der Waals surface area (Å²) in [6, 6.07) is 12.0. The number of hydrogen-bond acceptors (Lipinski definition) is 2. The van der Waals surface area contributed by atoms with E-state index >= 15 is 0 Å². The Labute approximate surface area is 111 Å². The van der Waals surface area contributed by atoms with Gasteiger partial charge < -0.3 is 10.7 Å². The Morgan fingerprint density at radius 2 is 1.84 bits per heavy atom. The zero-order chi connectivity index (χ0) is 13.8. The van der Waals surface area contributed by atoms with Crippen molar-refractivity contribution in [2.45, 2.75) is 13.8 Å². The van der Waals surface area contributed by atoms with Gasteiger partial charge in [0.15, 0.2) is 0 Å². The van der Waals surface area contributed by atoms with E-state index in [1.165, 1.54) is 12.1 Å². The van der Waals surface area contributed by atoms with E-state index in [2.05, 4.69) is 9.97 Å². The second-order valence-corrected chi connectivity index (χ2v) is 3.83.